The molecule has 0 spiro atoms. The van der Waals surface area contributed by atoms with Gasteiger partial charge in [0.05, 0.1) is 6.61 Å². The third-order valence-corrected chi connectivity index (χ3v) is 5.20. The Balaban J connectivity index is 1.97. The van der Waals surface area contributed by atoms with E-state index in [1.54, 1.807) is 18.2 Å². The lowest BCUT2D eigenvalue weighted by molar-refractivity contribution is -0.376. The molecule has 2 aromatic carbocycles. The van der Waals surface area contributed by atoms with E-state index in [1.807, 2.05) is 17.9 Å². The van der Waals surface area contributed by atoms with Crippen molar-refractivity contribution in [2.24, 2.45) is 0 Å². The topological polar surface area (TPSA) is 43.7 Å². The number of aliphatic hydroxyl groups is 2. The Morgan fingerprint density at radius 1 is 0.966 bits per heavy atom. The lowest BCUT2D eigenvalue weighted by Crippen LogP contribution is -2.53. The van der Waals surface area contributed by atoms with E-state index in [0.717, 1.165) is 11.6 Å². The van der Waals surface area contributed by atoms with Gasteiger partial charge in [0, 0.05) is 23.8 Å². The third-order valence-electron chi connectivity index (χ3n) is 5.20. The molecule has 1 heterocycles. The van der Waals surface area contributed by atoms with Crippen molar-refractivity contribution in [3.63, 3.8) is 0 Å². The molecular formula is C20H19F6NO2. The lowest BCUT2D eigenvalue weighted by atomic mass is 9.90. The Hall–Kier alpha value is -2.26. The molecule has 0 amide bonds. The van der Waals surface area contributed by atoms with Crippen LogP contribution in [0.25, 0.3) is 0 Å². The SMILES string of the molecule is CC1Cc2cc(C(O)(C(F)(F)F)C(F)(F)F)ccc2N1Cc1cccc(CO)c1. The van der Waals surface area contributed by atoms with Crippen molar-refractivity contribution in [1.82, 2.24) is 0 Å². The van der Waals surface area contributed by atoms with Crippen LogP contribution in [0.4, 0.5) is 32.0 Å². The van der Waals surface area contributed by atoms with Crippen molar-refractivity contribution in [3.05, 3.63) is 64.7 Å². The van der Waals surface area contributed by atoms with Gasteiger partial charge in [0.15, 0.2) is 0 Å². The standard InChI is InChI=1S/C20H19F6NO2/c1-12-7-15-9-16(18(29,19(21,22)23)20(24,25)26)5-6-17(15)27(12)10-13-3-2-4-14(8-13)11-28/h2-6,8-9,12,28-29H,7,10-11H2,1H3. The lowest BCUT2D eigenvalue weighted by Gasteiger charge is -2.33. The van der Waals surface area contributed by atoms with Gasteiger partial charge in [0.2, 0.25) is 0 Å². The van der Waals surface area contributed by atoms with E-state index >= 15 is 0 Å². The molecule has 1 aliphatic rings. The average Bonchev–Trinajstić information content (AvgIpc) is 2.94. The molecular weight excluding hydrogens is 400 g/mol. The van der Waals surface area contributed by atoms with Crippen LogP contribution < -0.4 is 4.90 Å². The molecule has 0 aliphatic carbocycles. The summed E-state index contributed by atoms with van der Waals surface area (Å²) in [4.78, 5) is 1.87. The minimum Gasteiger partial charge on any atom is -0.392 e. The van der Waals surface area contributed by atoms with Crippen molar-refractivity contribution in [2.45, 2.75) is 50.5 Å². The number of aliphatic hydroxyl groups excluding tert-OH is 1. The van der Waals surface area contributed by atoms with Crippen LogP contribution in [-0.4, -0.2) is 28.6 Å². The molecule has 2 N–H and O–H groups in total. The smallest absolute Gasteiger partial charge is 0.392 e. The summed E-state index contributed by atoms with van der Waals surface area (Å²) >= 11 is 0. The second-order valence-corrected chi connectivity index (χ2v) is 7.21. The van der Waals surface area contributed by atoms with Gasteiger partial charge in [0.1, 0.15) is 0 Å². The summed E-state index contributed by atoms with van der Waals surface area (Å²) in [5.41, 5.74) is -3.80. The summed E-state index contributed by atoms with van der Waals surface area (Å²) in [5, 5.41) is 18.9. The van der Waals surface area contributed by atoms with Crippen LogP contribution in [-0.2, 0) is 25.2 Å². The molecule has 2 aromatic rings. The van der Waals surface area contributed by atoms with E-state index in [9.17, 15) is 36.6 Å². The zero-order valence-electron chi connectivity index (χ0n) is 15.3. The van der Waals surface area contributed by atoms with Crippen molar-refractivity contribution in [1.29, 1.82) is 0 Å². The fraction of sp³-hybridized carbons (Fsp3) is 0.400. The van der Waals surface area contributed by atoms with Crippen LogP contribution in [0.3, 0.4) is 0 Å². The number of rotatable bonds is 4. The molecule has 0 saturated heterocycles. The van der Waals surface area contributed by atoms with E-state index in [0.29, 0.717) is 29.4 Å². The first-order valence-corrected chi connectivity index (χ1v) is 8.83. The highest BCUT2D eigenvalue weighted by Crippen LogP contribution is 2.51. The highest BCUT2D eigenvalue weighted by Gasteiger charge is 2.71. The van der Waals surface area contributed by atoms with Gasteiger partial charge in [-0.25, -0.2) is 0 Å². The summed E-state index contributed by atoms with van der Waals surface area (Å²) in [6.45, 7) is 2.05. The van der Waals surface area contributed by atoms with Crippen LogP contribution in [0.5, 0.6) is 0 Å². The predicted octanol–water partition coefficient (Wildman–Crippen LogP) is 4.44. The van der Waals surface area contributed by atoms with Crippen molar-refractivity contribution in [3.8, 4) is 0 Å². The first-order valence-electron chi connectivity index (χ1n) is 8.83. The normalized spacial score (nSPS) is 17.6. The van der Waals surface area contributed by atoms with E-state index in [4.69, 9.17) is 0 Å². The maximum absolute atomic E-state index is 13.1. The molecule has 3 nitrogen and oxygen atoms in total. The zero-order chi connectivity index (χ0) is 21.6. The molecule has 0 radical (unpaired) electrons. The van der Waals surface area contributed by atoms with E-state index in [1.165, 1.54) is 6.07 Å². The highest BCUT2D eigenvalue weighted by molar-refractivity contribution is 5.61. The van der Waals surface area contributed by atoms with Crippen LogP contribution in [0.15, 0.2) is 42.5 Å². The van der Waals surface area contributed by atoms with Crippen molar-refractivity contribution in [2.75, 3.05) is 4.90 Å². The summed E-state index contributed by atoms with van der Waals surface area (Å²) < 4.78 is 78.9. The number of alkyl halides is 6. The Morgan fingerprint density at radius 3 is 2.17 bits per heavy atom. The van der Waals surface area contributed by atoms with Gasteiger partial charge >= 0.3 is 12.4 Å². The minimum atomic E-state index is -5.91. The van der Waals surface area contributed by atoms with Gasteiger partial charge in [-0.05, 0) is 36.1 Å². The number of benzene rings is 2. The Bertz CT molecular complexity index is 879. The molecule has 158 valence electrons. The van der Waals surface area contributed by atoms with Crippen LogP contribution in [0, 0.1) is 0 Å². The van der Waals surface area contributed by atoms with Gasteiger partial charge in [-0.15, -0.1) is 0 Å². The first-order chi connectivity index (χ1) is 13.4. The molecule has 0 bridgehead atoms. The second kappa shape index (κ2) is 7.21. The number of hydrogen-bond donors (Lipinski definition) is 2. The second-order valence-electron chi connectivity index (χ2n) is 7.21. The molecule has 0 fully saturated rings. The van der Waals surface area contributed by atoms with Gasteiger partial charge in [-0.2, -0.15) is 26.3 Å². The molecule has 1 atom stereocenters. The molecule has 1 unspecified atom stereocenters. The van der Waals surface area contributed by atoms with Crippen LogP contribution in [0.1, 0.15) is 29.2 Å². The van der Waals surface area contributed by atoms with Gasteiger partial charge < -0.3 is 15.1 Å². The molecule has 9 heteroatoms. The number of halogens is 6. The van der Waals surface area contributed by atoms with Crippen molar-refractivity contribution < 1.29 is 36.6 Å². The average molecular weight is 419 g/mol. The van der Waals surface area contributed by atoms with E-state index in [2.05, 4.69) is 0 Å². The molecule has 0 aromatic heterocycles. The van der Waals surface area contributed by atoms with Crippen LogP contribution >= 0.6 is 0 Å². The number of hydrogen-bond acceptors (Lipinski definition) is 3. The Labute approximate surface area is 163 Å². The van der Waals surface area contributed by atoms with Crippen LogP contribution in [0.2, 0.25) is 0 Å². The molecule has 0 saturated carbocycles. The van der Waals surface area contributed by atoms with E-state index < -0.39 is 23.5 Å². The maximum atomic E-state index is 13.1. The predicted molar refractivity (Wildman–Crippen MR) is 94.2 cm³/mol. The van der Waals surface area contributed by atoms with Gasteiger partial charge in [-0.1, -0.05) is 36.4 Å². The largest absolute Gasteiger partial charge is 0.430 e. The minimum absolute atomic E-state index is 0.142. The Morgan fingerprint density at radius 2 is 1.59 bits per heavy atom. The summed E-state index contributed by atoms with van der Waals surface area (Å²) in [5.74, 6) is 0. The quantitative estimate of drug-likeness (QED) is 0.721. The zero-order valence-corrected chi connectivity index (χ0v) is 15.3. The maximum Gasteiger partial charge on any atom is 0.430 e. The summed E-state index contributed by atoms with van der Waals surface area (Å²) in [6.07, 6.45) is -11.6. The number of anilines is 1. The Kier molecular flexibility index (Phi) is 5.33. The van der Waals surface area contributed by atoms with Crippen molar-refractivity contribution >= 4 is 5.69 Å². The van der Waals surface area contributed by atoms with Gasteiger partial charge in [-0.3, -0.25) is 0 Å². The monoisotopic (exact) mass is 419 g/mol. The molecule has 29 heavy (non-hydrogen) atoms. The fourth-order valence-electron chi connectivity index (χ4n) is 3.67. The highest BCUT2D eigenvalue weighted by atomic mass is 19.4. The van der Waals surface area contributed by atoms with Gasteiger partial charge in [0.25, 0.3) is 5.60 Å². The first kappa shape index (κ1) is 21.4. The molecule has 1 aliphatic heterocycles. The number of fused-ring (bicyclic) bond motifs is 1. The number of nitrogens with zero attached hydrogens (tertiary/aromatic N) is 1. The fourth-order valence-corrected chi connectivity index (χ4v) is 3.67. The summed E-state index contributed by atoms with van der Waals surface area (Å²) in [7, 11) is 0. The summed E-state index contributed by atoms with van der Waals surface area (Å²) in [6, 6.07) is 9.60. The molecule has 3 rings (SSSR count). The third kappa shape index (κ3) is 3.69. The van der Waals surface area contributed by atoms with E-state index in [-0.39, 0.29) is 19.1 Å².